The van der Waals surface area contributed by atoms with Crippen molar-refractivity contribution in [2.75, 3.05) is 26.6 Å². The van der Waals surface area contributed by atoms with Gasteiger partial charge in [-0.3, -0.25) is 4.79 Å². The van der Waals surface area contributed by atoms with Gasteiger partial charge in [0.1, 0.15) is 18.2 Å². The van der Waals surface area contributed by atoms with Crippen LogP contribution in [0.2, 0.25) is 51.4 Å². The Hall–Kier alpha value is -3.17. The molecule has 0 saturated carbocycles. The van der Waals surface area contributed by atoms with Crippen LogP contribution in [0.5, 0.6) is 5.75 Å². The lowest BCUT2D eigenvalue weighted by Crippen LogP contribution is -2.22. The number of aryl methyl sites for hydroxylation is 1. The lowest BCUT2D eigenvalue weighted by Gasteiger charge is -2.26. The number of hydrogen-bond donors (Lipinski definition) is 0. The third-order valence-electron chi connectivity index (χ3n) is 8.43. The van der Waals surface area contributed by atoms with E-state index < -0.39 is 16.1 Å². The van der Waals surface area contributed by atoms with Gasteiger partial charge in [0, 0.05) is 33.3 Å². The lowest BCUT2D eigenvalue weighted by molar-refractivity contribution is -0.0365. The maximum Gasteiger partial charge on any atom is 0.214 e. The zero-order valence-corrected chi connectivity index (χ0v) is 31.2. The first-order valence-corrected chi connectivity index (χ1v) is 24.3. The van der Waals surface area contributed by atoms with E-state index >= 15 is 0 Å². The summed E-state index contributed by atoms with van der Waals surface area (Å²) in [6, 6.07) is 14.8. The van der Waals surface area contributed by atoms with E-state index in [4.69, 9.17) is 24.0 Å². The number of ether oxygens (including phenoxy) is 4. The second-order valence-corrected chi connectivity index (χ2v) is 26.0. The molecule has 1 aliphatic heterocycles. The Morgan fingerprint density at radius 3 is 2.57 bits per heavy atom. The molecular formula is C35H51N5O5Si2-. The smallest absolute Gasteiger partial charge is 0.214 e. The molecule has 1 atom stereocenters. The van der Waals surface area contributed by atoms with E-state index in [9.17, 15) is 4.79 Å². The van der Waals surface area contributed by atoms with Crippen LogP contribution < -0.4 is 4.74 Å². The molecule has 1 unspecified atom stereocenters. The fraction of sp³-hybridized carbons (Fsp3) is 0.543. The molecule has 47 heavy (non-hydrogen) atoms. The monoisotopic (exact) mass is 677 g/mol. The van der Waals surface area contributed by atoms with E-state index in [2.05, 4.69) is 86.6 Å². The molecule has 3 heterocycles. The molecular weight excluding hydrogens is 627 g/mol. The molecule has 0 aliphatic carbocycles. The largest absolute Gasteiger partial charge is 0.468 e. The Kier molecular flexibility index (Phi) is 11.5. The molecule has 1 aliphatic rings. The molecule has 2 aromatic heterocycles. The fourth-order valence-electron chi connectivity index (χ4n) is 5.59. The number of rotatable bonds is 16. The Morgan fingerprint density at radius 1 is 1.04 bits per heavy atom. The van der Waals surface area contributed by atoms with Gasteiger partial charge >= 0.3 is 0 Å². The van der Waals surface area contributed by atoms with E-state index in [1.54, 1.807) is 4.68 Å². The summed E-state index contributed by atoms with van der Waals surface area (Å²) in [6.45, 7) is 18.7. The molecule has 5 rings (SSSR count). The van der Waals surface area contributed by atoms with E-state index in [1.165, 1.54) is 5.56 Å². The van der Waals surface area contributed by atoms with Gasteiger partial charge in [-0.1, -0.05) is 38.7 Å². The second-order valence-electron chi connectivity index (χ2n) is 14.8. The average Bonchev–Trinajstić information content (AvgIpc) is 3.63. The van der Waals surface area contributed by atoms with Crippen molar-refractivity contribution in [1.82, 2.24) is 24.5 Å². The van der Waals surface area contributed by atoms with Crippen LogP contribution in [0.15, 0.2) is 36.4 Å². The number of aldehydes is 1. The molecule has 255 valence electrons. The van der Waals surface area contributed by atoms with Crippen molar-refractivity contribution in [3.8, 4) is 28.4 Å². The SMILES string of the molecule is CCc1cc(OCOCC[Si-](C)(C)C)ccc1-c1ccc2c(-c3nc(C=O)nn3COCC[Si](C)(C)C)nn(C3CCCCO3)c2c1. The quantitative estimate of drug-likeness (QED) is 0.0508. The minimum Gasteiger partial charge on any atom is -0.468 e. The number of nitrogens with zero attached hydrogens (tertiary/aromatic N) is 5. The Bertz CT molecular complexity index is 1650. The Balaban J connectivity index is 1.46. The zero-order valence-electron chi connectivity index (χ0n) is 29.2. The van der Waals surface area contributed by atoms with E-state index in [0.717, 1.165) is 72.2 Å². The highest BCUT2D eigenvalue weighted by atomic mass is 28.3. The van der Waals surface area contributed by atoms with Gasteiger partial charge in [-0.25, -0.2) is 14.3 Å². The van der Waals surface area contributed by atoms with Gasteiger partial charge in [0.15, 0.2) is 25.1 Å². The summed E-state index contributed by atoms with van der Waals surface area (Å²) in [5.41, 5.74) is 5.02. The second kappa shape index (κ2) is 15.4. The third-order valence-corrected chi connectivity index (χ3v) is 11.8. The van der Waals surface area contributed by atoms with Gasteiger partial charge in [0.05, 0.1) is 5.52 Å². The van der Waals surface area contributed by atoms with Crippen LogP contribution in [0.3, 0.4) is 0 Å². The highest BCUT2D eigenvalue weighted by molar-refractivity contribution is 6.76. The van der Waals surface area contributed by atoms with Crippen LogP contribution in [0.25, 0.3) is 33.5 Å². The Morgan fingerprint density at radius 2 is 1.87 bits per heavy atom. The van der Waals surface area contributed by atoms with Gasteiger partial charge < -0.3 is 18.9 Å². The number of aromatic nitrogens is 5. The lowest BCUT2D eigenvalue weighted by atomic mass is 9.96. The molecule has 1 saturated heterocycles. The van der Waals surface area contributed by atoms with Crippen LogP contribution in [0.4, 0.5) is 0 Å². The summed E-state index contributed by atoms with van der Waals surface area (Å²) in [4.78, 5) is 16.3. The molecule has 0 spiro atoms. The summed E-state index contributed by atoms with van der Waals surface area (Å²) in [6.07, 6.45) is 4.32. The summed E-state index contributed by atoms with van der Waals surface area (Å²) in [5, 5.41) is 10.4. The highest BCUT2D eigenvalue weighted by Gasteiger charge is 2.25. The van der Waals surface area contributed by atoms with Crippen molar-refractivity contribution < 1.29 is 23.7 Å². The van der Waals surface area contributed by atoms with Crippen molar-refractivity contribution in [2.45, 2.75) is 96.9 Å². The molecule has 0 radical (unpaired) electrons. The number of fused-ring (bicyclic) bond motifs is 1. The first kappa shape index (κ1) is 35.1. The standard InChI is InChI=1S/C35H51N5O5Si2/c1-8-26-21-28(45-25-43-18-20-47(5,6)7)13-15-29(26)27-12-14-30-31(22-27)40(33-11-9-10-16-44-33)38-34(30)35-36-32(23-41)37-39(35)24-42-17-19-46(2,3)4/h12-15,21-23,33H,8-11,16-20,24-25H2,1-7H3/q-1. The van der Waals surface area contributed by atoms with Gasteiger partial charge in [-0.2, -0.15) is 24.7 Å². The van der Waals surface area contributed by atoms with Crippen LogP contribution in [0, 0.1) is 0 Å². The van der Waals surface area contributed by atoms with Crippen LogP contribution >= 0.6 is 0 Å². The summed E-state index contributed by atoms with van der Waals surface area (Å²) in [7, 11) is -2.39. The molecule has 4 aromatic rings. The van der Waals surface area contributed by atoms with Crippen LogP contribution in [-0.2, 0) is 27.4 Å². The minimum atomic E-state index is -1.25. The first-order chi connectivity index (χ1) is 22.5. The number of benzene rings is 2. The summed E-state index contributed by atoms with van der Waals surface area (Å²) in [5.74, 6) is 1.42. The van der Waals surface area contributed by atoms with E-state index in [-0.39, 0.29) is 25.6 Å². The van der Waals surface area contributed by atoms with Crippen molar-refractivity contribution in [1.29, 1.82) is 0 Å². The fourth-order valence-corrected chi connectivity index (χ4v) is 7.10. The number of carbonyl (C=O) groups is 1. The van der Waals surface area contributed by atoms with Crippen molar-refractivity contribution in [3.63, 3.8) is 0 Å². The van der Waals surface area contributed by atoms with E-state index in [1.807, 2.05) is 10.7 Å². The average molecular weight is 678 g/mol. The maximum absolute atomic E-state index is 11.8. The third kappa shape index (κ3) is 9.26. The van der Waals surface area contributed by atoms with E-state index in [0.29, 0.717) is 31.0 Å². The van der Waals surface area contributed by atoms with Crippen molar-refractivity contribution in [3.05, 3.63) is 47.8 Å². The zero-order chi connectivity index (χ0) is 33.6. The number of carbonyl (C=O) groups excluding carboxylic acids is 1. The Labute approximate surface area is 280 Å². The predicted molar refractivity (Wildman–Crippen MR) is 191 cm³/mol. The summed E-state index contributed by atoms with van der Waals surface area (Å²) >= 11 is 0. The van der Waals surface area contributed by atoms with Crippen molar-refractivity contribution in [2.24, 2.45) is 0 Å². The van der Waals surface area contributed by atoms with Gasteiger partial charge in [-0.05, 0) is 72.7 Å². The number of hydrogen-bond acceptors (Lipinski definition) is 8. The first-order valence-electron chi connectivity index (χ1n) is 16.9. The van der Waals surface area contributed by atoms with Crippen LogP contribution in [0.1, 0.15) is 48.6 Å². The molecule has 12 heteroatoms. The predicted octanol–water partition coefficient (Wildman–Crippen LogP) is 8.04. The topological polar surface area (TPSA) is 103 Å². The highest BCUT2D eigenvalue weighted by Crippen LogP contribution is 2.36. The molecule has 0 N–H and O–H groups in total. The van der Waals surface area contributed by atoms with Gasteiger partial charge in [0.2, 0.25) is 5.82 Å². The van der Waals surface area contributed by atoms with Crippen molar-refractivity contribution >= 4 is 33.3 Å². The molecule has 10 nitrogen and oxygen atoms in total. The summed E-state index contributed by atoms with van der Waals surface area (Å²) < 4.78 is 27.6. The maximum atomic E-state index is 11.8. The normalized spacial score (nSPS) is 15.8. The molecule has 0 amide bonds. The molecule has 0 bridgehead atoms. The molecule has 1 fully saturated rings. The van der Waals surface area contributed by atoms with Crippen LogP contribution in [-0.4, -0.2) is 73.6 Å². The van der Waals surface area contributed by atoms with Gasteiger partial charge in [-0.15, -0.1) is 19.2 Å². The minimum absolute atomic E-state index is 0.110. The van der Waals surface area contributed by atoms with Gasteiger partial charge in [0.25, 0.3) is 0 Å². The molecule has 2 aromatic carbocycles.